The fraction of sp³-hybridized carbons (Fsp3) is 0.571. The predicted molar refractivity (Wildman–Crippen MR) is 68.5 cm³/mol. The van der Waals surface area contributed by atoms with E-state index in [0.29, 0.717) is 0 Å². The molecule has 0 aromatic heterocycles. The van der Waals surface area contributed by atoms with Gasteiger partial charge in [0.2, 0.25) is 0 Å². The molecule has 1 N–H and O–H groups in total. The van der Waals surface area contributed by atoms with Crippen LogP contribution in [0.5, 0.6) is 0 Å². The Balaban J connectivity index is 1.77. The van der Waals surface area contributed by atoms with E-state index in [4.69, 9.17) is 0 Å². The molecule has 1 saturated carbocycles. The molecule has 2 nitrogen and oxygen atoms in total. The molecule has 1 aromatic carbocycles. The minimum Gasteiger partial charge on any atom is -0.313 e. The van der Waals surface area contributed by atoms with Crippen LogP contribution >= 0.6 is 0 Å². The highest BCUT2D eigenvalue weighted by Gasteiger charge is 2.19. The number of hydrogen-bond acceptors (Lipinski definition) is 2. The summed E-state index contributed by atoms with van der Waals surface area (Å²) in [7, 11) is 2.11. The molecule has 1 aliphatic rings. The van der Waals surface area contributed by atoms with E-state index in [2.05, 4.69) is 17.3 Å². The van der Waals surface area contributed by atoms with Crippen molar-refractivity contribution in [2.45, 2.75) is 32.4 Å². The van der Waals surface area contributed by atoms with Gasteiger partial charge in [-0.3, -0.25) is 0 Å². The molecule has 0 unspecified atom stereocenters. The Bertz CT molecular complexity index is 374. The Hall–Kier alpha value is -0.930. The average Bonchev–Trinajstić information content (AvgIpc) is 3.06. The van der Waals surface area contributed by atoms with Crippen molar-refractivity contribution in [3.8, 4) is 0 Å². The van der Waals surface area contributed by atoms with Crippen LogP contribution in [0.25, 0.3) is 0 Å². The van der Waals surface area contributed by atoms with E-state index < -0.39 is 0 Å². The zero-order valence-electron chi connectivity index (χ0n) is 10.7. The molecule has 1 fully saturated rings. The van der Waals surface area contributed by atoms with Gasteiger partial charge < -0.3 is 10.2 Å². The van der Waals surface area contributed by atoms with Crippen molar-refractivity contribution in [1.82, 2.24) is 10.2 Å². The molecule has 0 heterocycles. The Labute approximate surface area is 103 Å². The molecule has 3 heteroatoms. The van der Waals surface area contributed by atoms with Crippen molar-refractivity contribution in [3.05, 3.63) is 35.1 Å². The first-order valence-electron chi connectivity index (χ1n) is 6.32. The maximum absolute atomic E-state index is 13.0. The Morgan fingerprint density at radius 1 is 1.41 bits per heavy atom. The Morgan fingerprint density at radius 2 is 2.18 bits per heavy atom. The first kappa shape index (κ1) is 12.5. The van der Waals surface area contributed by atoms with E-state index >= 15 is 0 Å². The lowest BCUT2D eigenvalue weighted by Gasteiger charge is -2.18. The van der Waals surface area contributed by atoms with Gasteiger partial charge in [-0.15, -0.1) is 0 Å². The fourth-order valence-corrected chi connectivity index (χ4v) is 1.95. The van der Waals surface area contributed by atoms with Crippen molar-refractivity contribution in [2.24, 2.45) is 0 Å². The second-order valence-electron chi connectivity index (χ2n) is 5.04. The van der Waals surface area contributed by atoms with E-state index in [0.717, 1.165) is 31.2 Å². The van der Waals surface area contributed by atoms with E-state index in [1.165, 1.54) is 18.4 Å². The number of benzene rings is 1. The molecule has 0 radical (unpaired) electrons. The average molecular weight is 236 g/mol. The molecule has 0 spiro atoms. The summed E-state index contributed by atoms with van der Waals surface area (Å²) in [6.45, 7) is 4.93. The van der Waals surface area contributed by atoms with Gasteiger partial charge in [0.15, 0.2) is 0 Å². The third kappa shape index (κ3) is 4.10. The minimum absolute atomic E-state index is 0.149. The second kappa shape index (κ2) is 5.61. The number of halogens is 1. The lowest BCUT2D eigenvalue weighted by molar-refractivity contribution is 0.323. The van der Waals surface area contributed by atoms with Crippen LogP contribution in [0.15, 0.2) is 18.2 Å². The van der Waals surface area contributed by atoms with Crippen LogP contribution in [0.2, 0.25) is 0 Å². The molecule has 0 aliphatic heterocycles. The molecule has 94 valence electrons. The smallest absolute Gasteiger partial charge is 0.123 e. The highest BCUT2D eigenvalue weighted by atomic mass is 19.1. The van der Waals surface area contributed by atoms with Gasteiger partial charge in [0.05, 0.1) is 0 Å². The fourth-order valence-electron chi connectivity index (χ4n) is 1.95. The molecule has 0 saturated heterocycles. The number of nitrogens with one attached hydrogen (secondary N) is 1. The summed E-state index contributed by atoms with van der Waals surface area (Å²) in [4.78, 5) is 2.27. The molecule has 0 atom stereocenters. The number of nitrogens with zero attached hydrogens (tertiary/aromatic N) is 1. The van der Waals surface area contributed by atoms with Crippen LogP contribution < -0.4 is 5.32 Å². The van der Waals surface area contributed by atoms with Crippen LogP contribution in [0.4, 0.5) is 4.39 Å². The number of aryl methyl sites for hydroxylation is 1. The summed E-state index contributed by atoms with van der Waals surface area (Å²) in [5.41, 5.74) is 2.24. The maximum atomic E-state index is 13.0. The molecule has 0 bridgehead atoms. The van der Waals surface area contributed by atoms with Crippen molar-refractivity contribution in [2.75, 3.05) is 20.1 Å². The highest BCUT2D eigenvalue weighted by molar-refractivity contribution is 5.26. The summed E-state index contributed by atoms with van der Waals surface area (Å²) in [5.74, 6) is -0.149. The number of rotatable bonds is 6. The lowest BCUT2D eigenvalue weighted by Crippen LogP contribution is -2.30. The van der Waals surface area contributed by atoms with Crippen molar-refractivity contribution < 1.29 is 4.39 Å². The molecule has 17 heavy (non-hydrogen) atoms. The Kier molecular flexibility index (Phi) is 4.13. The molecule has 1 aromatic rings. The maximum Gasteiger partial charge on any atom is 0.123 e. The van der Waals surface area contributed by atoms with Gasteiger partial charge in [-0.2, -0.15) is 0 Å². The van der Waals surface area contributed by atoms with Gasteiger partial charge in [0.1, 0.15) is 5.82 Å². The molecular weight excluding hydrogens is 215 g/mol. The first-order chi connectivity index (χ1) is 8.15. The third-order valence-electron chi connectivity index (χ3n) is 3.25. The SMILES string of the molecule is Cc1cc(F)ccc1CN(C)CCNC1CC1. The predicted octanol–water partition coefficient (Wildman–Crippen LogP) is 2.32. The number of likely N-dealkylation sites (N-methyl/N-ethyl adjacent to an activating group) is 1. The minimum atomic E-state index is -0.149. The topological polar surface area (TPSA) is 15.3 Å². The molecule has 2 rings (SSSR count). The van der Waals surface area contributed by atoms with Crippen LogP contribution in [-0.4, -0.2) is 31.1 Å². The zero-order chi connectivity index (χ0) is 12.3. The van der Waals surface area contributed by atoms with Gasteiger partial charge in [-0.1, -0.05) is 6.07 Å². The lowest BCUT2D eigenvalue weighted by atomic mass is 10.1. The van der Waals surface area contributed by atoms with Gasteiger partial charge >= 0.3 is 0 Å². The van der Waals surface area contributed by atoms with Gasteiger partial charge in [-0.25, -0.2) is 4.39 Å². The normalized spacial score (nSPS) is 15.5. The van der Waals surface area contributed by atoms with E-state index in [-0.39, 0.29) is 5.82 Å². The molecule has 0 amide bonds. The van der Waals surface area contributed by atoms with Crippen LogP contribution in [-0.2, 0) is 6.54 Å². The highest BCUT2D eigenvalue weighted by Crippen LogP contribution is 2.18. The molecular formula is C14H21FN2. The third-order valence-corrected chi connectivity index (χ3v) is 3.25. The van der Waals surface area contributed by atoms with E-state index in [9.17, 15) is 4.39 Å². The van der Waals surface area contributed by atoms with Crippen molar-refractivity contribution >= 4 is 0 Å². The quantitative estimate of drug-likeness (QED) is 0.815. The van der Waals surface area contributed by atoms with Crippen molar-refractivity contribution in [1.29, 1.82) is 0 Å². The van der Waals surface area contributed by atoms with Crippen LogP contribution in [0.1, 0.15) is 24.0 Å². The zero-order valence-corrected chi connectivity index (χ0v) is 10.7. The summed E-state index contributed by atoms with van der Waals surface area (Å²) in [6, 6.07) is 5.80. The monoisotopic (exact) mass is 236 g/mol. The van der Waals surface area contributed by atoms with E-state index in [1.807, 2.05) is 13.0 Å². The summed E-state index contributed by atoms with van der Waals surface area (Å²) in [6.07, 6.45) is 2.67. The standard InChI is InChI=1S/C14H21FN2/c1-11-9-13(15)4-3-12(11)10-17(2)8-7-16-14-5-6-14/h3-4,9,14,16H,5-8,10H2,1-2H3. The molecule has 1 aliphatic carbocycles. The second-order valence-corrected chi connectivity index (χ2v) is 5.04. The summed E-state index contributed by atoms with van der Waals surface area (Å²) in [5, 5.41) is 3.50. The van der Waals surface area contributed by atoms with Crippen LogP contribution in [0.3, 0.4) is 0 Å². The van der Waals surface area contributed by atoms with Gasteiger partial charge in [-0.05, 0) is 50.1 Å². The number of hydrogen-bond donors (Lipinski definition) is 1. The Morgan fingerprint density at radius 3 is 2.82 bits per heavy atom. The van der Waals surface area contributed by atoms with Gasteiger partial charge in [0.25, 0.3) is 0 Å². The first-order valence-corrected chi connectivity index (χ1v) is 6.32. The van der Waals surface area contributed by atoms with Crippen LogP contribution in [0, 0.1) is 12.7 Å². The summed E-state index contributed by atoms with van der Waals surface area (Å²) >= 11 is 0. The summed E-state index contributed by atoms with van der Waals surface area (Å²) < 4.78 is 13.0. The van der Waals surface area contributed by atoms with Crippen molar-refractivity contribution in [3.63, 3.8) is 0 Å². The van der Waals surface area contributed by atoms with E-state index in [1.54, 1.807) is 12.1 Å². The van der Waals surface area contributed by atoms with Gasteiger partial charge in [0, 0.05) is 25.7 Å². The largest absolute Gasteiger partial charge is 0.313 e.